The van der Waals surface area contributed by atoms with Gasteiger partial charge in [-0.05, 0) is 43.9 Å². The summed E-state index contributed by atoms with van der Waals surface area (Å²) in [7, 11) is -3.92. The summed E-state index contributed by atoms with van der Waals surface area (Å²) in [6.45, 7) is 6.49. The Morgan fingerprint density at radius 1 is 1.06 bits per heavy atom. The number of sulfonamides is 1. The fourth-order valence-corrected chi connectivity index (χ4v) is 5.75. The van der Waals surface area contributed by atoms with Gasteiger partial charge in [0.25, 0.3) is 15.9 Å². The van der Waals surface area contributed by atoms with Crippen molar-refractivity contribution in [3.63, 3.8) is 0 Å². The van der Waals surface area contributed by atoms with Crippen molar-refractivity contribution in [3.8, 4) is 0 Å². The van der Waals surface area contributed by atoms with Crippen LogP contribution in [-0.2, 0) is 26.2 Å². The average Bonchev–Trinajstić information content (AvgIpc) is 3.04. The van der Waals surface area contributed by atoms with Gasteiger partial charge in [0.2, 0.25) is 11.8 Å². The topological polar surface area (TPSA) is 104 Å². The van der Waals surface area contributed by atoms with Crippen LogP contribution in [0.3, 0.4) is 0 Å². The monoisotopic (exact) mass is 499 g/mol. The molecule has 0 radical (unpaired) electrons. The SMILES string of the molecule is CCCNC(=O)C(CC)N(Cc1ccc(C)cc1)C(=O)CCCN1C(=O)c2ccccc2S1(=O)=O. The van der Waals surface area contributed by atoms with E-state index in [1.807, 2.05) is 45.0 Å². The van der Waals surface area contributed by atoms with Gasteiger partial charge in [-0.2, -0.15) is 0 Å². The molecule has 1 atom stereocenters. The van der Waals surface area contributed by atoms with E-state index in [0.717, 1.165) is 21.9 Å². The lowest BCUT2D eigenvalue weighted by Gasteiger charge is -2.31. The zero-order valence-corrected chi connectivity index (χ0v) is 21.3. The van der Waals surface area contributed by atoms with Gasteiger partial charge in [-0.1, -0.05) is 55.8 Å². The maximum atomic E-state index is 13.3. The first-order valence-corrected chi connectivity index (χ1v) is 13.4. The summed E-state index contributed by atoms with van der Waals surface area (Å²) in [4.78, 5) is 40.3. The van der Waals surface area contributed by atoms with Crippen LogP contribution < -0.4 is 5.32 Å². The Bertz CT molecular complexity index is 1180. The van der Waals surface area contributed by atoms with Crippen LogP contribution in [0.15, 0.2) is 53.4 Å². The van der Waals surface area contributed by atoms with E-state index in [1.54, 1.807) is 17.0 Å². The van der Waals surface area contributed by atoms with Crippen LogP contribution in [0.25, 0.3) is 0 Å². The van der Waals surface area contributed by atoms with Crippen molar-refractivity contribution in [1.29, 1.82) is 0 Å². The quantitative estimate of drug-likeness (QED) is 0.511. The number of nitrogens with zero attached hydrogens (tertiary/aromatic N) is 2. The maximum absolute atomic E-state index is 13.3. The van der Waals surface area contributed by atoms with Crippen molar-refractivity contribution in [2.75, 3.05) is 13.1 Å². The van der Waals surface area contributed by atoms with Gasteiger partial charge >= 0.3 is 0 Å². The standard InChI is InChI=1S/C26H33N3O5S/c1-4-16-27-25(31)22(5-2)28(18-20-14-12-19(3)13-15-20)24(30)11-8-17-29-26(32)21-9-6-7-10-23(21)35(29,33)34/h6-7,9-10,12-15,22H,4-5,8,11,16-18H2,1-3H3,(H,27,31). The third kappa shape index (κ3) is 5.90. The molecule has 1 heterocycles. The molecule has 0 aliphatic carbocycles. The molecule has 1 aliphatic heterocycles. The molecular formula is C26H33N3O5S. The highest BCUT2D eigenvalue weighted by Crippen LogP contribution is 2.30. The van der Waals surface area contributed by atoms with Gasteiger partial charge in [0.15, 0.2) is 0 Å². The minimum absolute atomic E-state index is 0.00373. The van der Waals surface area contributed by atoms with Crippen molar-refractivity contribution in [3.05, 3.63) is 65.2 Å². The van der Waals surface area contributed by atoms with Crippen molar-refractivity contribution in [1.82, 2.24) is 14.5 Å². The second-order valence-electron chi connectivity index (χ2n) is 8.70. The zero-order valence-electron chi connectivity index (χ0n) is 20.5. The first kappa shape index (κ1) is 26.4. The molecule has 0 saturated carbocycles. The van der Waals surface area contributed by atoms with Gasteiger partial charge in [0, 0.05) is 26.1 Å². The summed E-state index contributed by atoms with van der Waals surface area (Å²) >= 11 is 0. The lowest BCUT2D eigenvalue weighted by atomic mass is 10.1. The molecule has 35 heavy (non-hydrogen) atoms. The molecule has 0 saturated heterocycles. The molecule has 3 amide bonds. The lowest BCUT2D eigenvalue weighted by Crippen LogP contribution is -2.49. The van der Waals surface area contributed by atoms with Gasteiger partial charge in [-0.25, -0.2) is 12.7 Å². The van der Waals surface area contributed by atoms with Crippen LogP contribution in [0.5, 0.6) is 0 Å². The van der Waals surface area contributed by atoms with Gasteiger partial charge in [0.05, 0.1) is 5.56 Å². The Labute approximate surface area is 207 Å². The fourth-order valence-electron chi connectivity index (χ4n) is 4.15. The predicted molar refractivity (Wildman–Crippen MR) is 133 cm³/mol. The highest BCUT2D eigenvalue weighted by atomic mass is 32.2. The van der Waals surface area contributed by atoms with Crippen LogP contribution >= 0.6 is 0 Å². The molecule has 9 heteroatoms. The number of rotatable bonds is 11. The number of fused-ring (bicyclic) bond motifs is 1. The minimum atomic E-state index is -3.92. The molecule has 0 bridgehead atoms. The Morgan fingerprint density at radius 3 is 2.37 bits per heavy atom. The highest BCUT2D eigenvalue weighted by molar-refractivity contribution is 7.90. The number of amides is 3. The van der Waals surface area contributed by atoms with E-state index in [1.165, 1.54) is 12.1 Å². The molecule has 8 nitrogen and oxygen atoms in total. The van der Waals surface area contributed by atoms with Gasteiger partial charge in [-0.3, -0.25) is 14.4 Å². The molecule has 2 aromatic carbocycles. The molecular weight excluding hydrogens is 466 g/mol. The van der Waals surface area contributed by atoms with Crippen LogP contribution in [0.4, 0.5) is 0 Å². The van der Waals surface area contributed by atoms with Crippen molar-refractivity contribution < 1.29 is 22.8 Å². The third-order valence-corrected chi connectivity index (χ3v) is 7.91. The summed E-state index contributed by atoms with van der Waals surface area (Å²) in [6.07, 6.45) is 1.41. The van der Waals surface area contributed by atoms with E-state index in [9.17, 15) is 22.8 Å². The molecule has 1 unspecified atom stereocenters. The number of aryl methyl sites for hydroxylation is 1. The zero-order chi connectivity index (χ0) is 25.6. The molecule has 188 valence electrons. The Kier molecular flexibility index (Phi) is 8.67. The number of carbonyl (C=O) groups excluding carboxylic acids is 3. The molecule has 0 spiro atoms. The van der Waals surface area contributed by atoms with E-state index in [4.69, 9.17) is 0 Å². The van der Waals surface area contributed by atoms with Crippen LogP contribution in [0.2, 0.25) is 0 Å². The Hall–Kier alpha value is -3.20. The van der Waals surface area contributed by atoms with Crippen LogP contribution in [0, 0.1) is 6.92 Å². The van der Waals surface area contributed by atoms with E-state index >= 15 is 0 Å². The summed E-state index contributed by atoms with van der Waals surface area (Å²) < 4.78 is 26.4. The number of carbonyl (C=O) groups is 3. The maximum Gasteiger partial charge on any atom is 0.269 e. The van der Waals surface area contributed by atoms with E-state index in [0.29, 0.717) is 13.0 Å². The highest BCUT2D eigenvalue weighted by Gasteiger charge is 2.40. The van der Waals surface area contributed by atoms with E-state index in [-0.39, 0.29) is 48.2 Å². The second-order valence-corrected chi connectivity index (χ2v) is 10.5. The van der Waals surface area contributed by atoms with Gasteiger partial charge < -0.3 is 10.2 Å². The number of hydrogen-bond donors (Lipinski definition) is 1. The summed E-state index contributed by atoms with van der Waals surface area (Å²) in [5.41, 5.74) is 2.15. The summed E-state index contributed by atoms with van der Waals surface area (Å²) in [5.74, 6) is -1.04. The van der Waals surface area contributed by atoms with Gasteiger partial charge in [0.1, 0.15) is 10.9 Å². The molecule has 3 rings (SSSR count). The number of nitrogens with one attached hydrogen (secondary N) is 1. The number of benzene rings is 2. The first-order valence-electron chi connectivity index (χ1n) is 12.0. The molecule has 0 fully saturated rings. The molecule has 0 aromatic heterocycles. The third-order valence-electron chi connectivity index (χ3n) is 6.07. The van der Waals surface area contributed by atoms with Crippen molar-refractivity contribution in [2.45, 2.75) is 63.9 Å². The van der Waals surface area contributed by atoms with Crippen LogP contribution in [0.1, 0.15) is 61.0 Å². The summed E-state index contributed by atoms with van der Waals surface area (Å²) in [5, 5.41) is 2.88. The van der Waals surface area contributed by atoms with Gasteiger partial charge in [-0.15, -0.1) is 0 Å². The smallest absolute Gasteiger partial charge is 0.269 e. The lowest BCUT2D eigenvalue weighted by molar-refractivity contribution is -0.141. The normalized spacial score (nSPS) is 14.9. The number of hydrogen-bond acceptors (Lipinski definition) is 5. The van der Waals surface area contributed by atoms with Crippen molar-refractivity contribution >= 4 is 27.7 Å². The average molecular weight is 500 g/mol. The van der Waals surface area contributed by atoms with Crippen molar-refractivity contribution in [2.24, 2.45) is 0 Å². The molecule has 2 aromatic rings. The first-order chi connectivity index (χ1) is 16.7. The van der Waals surface area contributed by atoms with E-state index < -0.39 is 22.0 Å². The fraction of sp³-hybridized carbons (Fsp3) is 0.423. The molecule has 1 N–H and O–H groups in total. The predicted octanol–water partition coefficient (Wildman–Crippen LogP) is 3.25. The largest absolute Gasteiger partial charge is 0.354 e. The van der Waals surface area contributed by atoms with E-state index in [2.05, 4.69) is 5.32 Å². The Balaban J connectivity index is 1.73. The second kappa shape index (κ2) is 11.5. The summed E-state index contributed by atoms with van der Waals surface area (Å²) in [6, 6.07) is 13.2. The van der Waals surface area contributed by atoms with Crippen LogP contribution in [-0.4, -0.2) is 54.5 Å². The molecule has 1 aliphatic rings. The Morgan fingerprint density at radius 2 is 1.74 bits per heavy atom. The minimum Gasteiger partial charge on any atom is -0.354 e.